The van der Waals surface area contributed by atoms with Crippen molar-refractivity contribution in [2.24, 2.45) is 0 Å². The highest BCUT2D eigenvalue weighted by molar-refractivity contribution is 5.80. The minimum Gasteiger partial charge on any atom is -0.490 e. The van der Waals surface area contributed by atoms with E-state index in [1.807, 2.05) is 13.8 Å². The van der Waals surface area contributed by atoms with E-state index < -0.39 is 5.82 Å². The number of rotatable bonds is 3. The quantitative estimate of drug-likeness (QED) is 0.695. The first kappa shape index (κ1) is 10.7. The van der Waals surface area contributed by atoms with E-state index in [0.717, 1.165) is 0 Å². The van der Waals surface area contributed by atoms with Gasteiger partial charge in [0.2, 0.25) is 0 Å². The molecule has 0 unspecified atom stereocenters. The van der Waals surface area contributed by atoms with Gasteiger partial charge in [0, 0.05) is 0 Å². The van der Waals surface area contributed by atoms with Gasteiger partial charge < -0.3 is 4.74 Å². The second kappa shape index (κ2) is 4.22. The number of ether oxygens (including phenoxy) is 1. The van der Waals surface area contributed by atoms with E-state index in [0.29, 0.717) is 17.6 Å². The van der Waals surface area contributed by atoms with Gasteiger partial charge in [-0.3, -0.25) is 4.79 Å². The maximum absolute atomic E-state index is 13.4. The molecule has 2 nitrogen and oxygen atoms in total. The summed E-state index contributed by atoms with van der Waals surface area (Å²) >= 11 is 0. The largest absolute Gasteiger partial charge is 0.490 e. The Kier molecular flexibility index (Phi) is 3.23. The smallest absolute Gasteiger partial charge is 0.156 e. The zero-order chi connectivity index (χ0) is 10.7. The predicted octanol–water partition coefficient (Wildman–Crippen LogP) is 2.73. The van der Waals surface area contributed by atoms with Crippen molar-refractivity contribution in [2.45, 2.75) is 26.9 Å². The second-order valence-corrected chi connectivity index (χ2v) is 3.39. The predicted molar refractivity (Wildman–Crippen MR) is 52.3 cm³/mol. The molecule has 76 valence electrons. The first-order valence-corrected chi connectivity index (χ1v) is 4.47. The molecule has 1 aromatic carbocycles. The molecule has 1 rings (SSSR count). The summed E-state index contributed by atoms with van der Waals surface area (Å²) < 4.78 is 18.7. The molecule has 0 aromatic heterocycles. The SMILES string of the molecule is Cc1ccc(OC(C)C)c(C=O)c1F. The van der Waals surface area contributed by atoms with Gasteiger partial charge in [-0.15, -0.1) is 0 Å². The lowest BCUT2D eigenvalue weighted by Gasteiger charge is -2.12. The molecule has 0 aliphatic rings. The van der Waals surface area contributed by atoms with Crippen LogP contribution in [0.2, 0.25) is 0 Å². The molecular formula is C11H13FO2. The summed E-state index contributed by atoms with van der Waals surface area (Å²) in [6.45, 7) is 5.26. The van der Waals surface area contributed by atoms with Crippen molar-refractivity contribution in [2.75, 3.05) is 0 Å². The second-order valence-electron chi connectivity index (χ2n) is 3.39. The first-order valence-electron chi connectivity index (χ1n) is 4.47. The number of hydrogen-bond acceptors (Lipinski definition) is 2. The highest BCUT2D eigenvalue weighted by Crippen LogP contribution is 2.23. The number of aryl methyl sites for hydroxylation is 1. The zero-order valence-electron chi connectivity index (χ0n) is 8.50. The van der Waals surface area contributed by atoms with Crippen molar-refractivity contribution in [3.05, 3.63) is 29.1 Å². The Morgan fingerprint density at radius 1 is 1.43 bits per heavy atom. The van der Waals surface area contributed by atoms with Crippen molar-refractivity contribution in [1.82, 2.24) is 0 Å². The average Bonchev–Trinajstić information content (AvgIpc) is 2.11. The molecule has 3 heteroatoms. The molecule has 0 heterocycles. The fourth-order valence-electron chi connectivity index (χ4n) is 1.15. The molecule has 0 fully saturated rings. The van der Waals surface area contributed by atoms with Crippen molar-refractivity contribution in [3.63, 3.8) is 0 Å². The van der Waals surface area contributed by atoms with Crippen LogP contribution in [0, 0.1) is 12.7 Å². The molecule has 0 radical (unpaired) electrons. The zero-order valence-corrected chi connectivity index (χ0v) is 8.50. The van der Waals surface area contributed by atoms with E-state index in [1.165, 1.54) is 0 Å². The summed E-state index contributed by atoms with van der Waals surface area (Å²) in [5.74, 6) is -0.198. The molecule has 0 N–H and O–H groups in total. The number of benzene rings is 1. The van der Waals surface area contributed by atoms with Crippen molar-refractivity contribution in [3.8, 4) is 5.75 Å². The highest BCUT2D eigenvalue weighted by atomic mass is 19.1. The summed E-state index contributed by atoms with van der Waals surface area (Å²) in [5, 5.41) is 0. The summed E-state index contributed by atoms with van der Waals surface area (Å²) in [6, 6.07) is 3.21. The summed E-state index contributed by atoms with van der Waals surface area (Å²) in [5.41, 5.74) is 0.446. The highest BCUT2D eigenvalue weighted by Gasteiger charge is 2.12. The Hall–Kier alpha value is -1.38. The molecule has 0 spiro atoms. The fourth-order valence-corrected chi connectivity index (χ4v) is 1.15. The van der Waals surface area contributed by atoms with Gasteiger partial charge in [-0.05, 0) is 32.4 Å². The summed E-state index contributed by atoms with van der Waals surface area (Å²) in [6.07, 6.45) is 0.413. The van der Waals surface area contributed by atoms with Crippen LogP contribution in [0.1, 0.15) is 29.8 Å². The van der Waals surface area contributed by atoms with Gasteiger partial charge in [-0.1, -0.05) is 6.07 Å². The van der Waals surface area contributed by atoms with Crippen LogP contribution in [0.4, 0.5) is 4.39 Å². The Labute approximate surface area is 82.7 Å². The van der Waals surface area contributed by atoms with Gasteiger partial charge >= 0.3 is 0 Å². The molecule has 0 aliphatic heterocycles. The molecule has 0 aliphatic carbocycles. The minimum atomic E-state index is -0.502. The van der Waals surface area contributed by atoms with Crippen LogP contribution in [0.5, 0.6) is 5.75 Å². The van der Waals surface area contributed by atoms with E-state index in [9.17, 15) is 9.18 Å². The molecule has 0 bridgehead atoms. The Balaban J connectivity index is 3.17. The Bertz CT molecular complexity index is 345. The third-order valence-corrected chi connectivity index (χ3v) is 1.81. The van der Waals surface area contributed by atoms with Crippen molar-refractivity contribution in [1.29, 1.82) is 0 Å². The van der Waals surface area contributed by atoms with Crippen molar-refractivity contribution >= 4 is 6.29 Å². The van der Waals surface area contributed by atoms with Crippen LogP contribution in [0.3, 0.4) is 0 Å². The number of hydrogen-bond donors (Lipinski definition) is 0. The normalized spacial score (nSPS) is 10.4. The Morgan fingerprint density at radius 2 is 2.07 bits per heavy atom. The number of carbonyl (C=O) groups is 1. The average molecular weight is 196 g/mol. The molecule has 0 atom stereocenters. The van der Waals surface area contributed by atoms with Crippen LogP contribution in [-0.2, 0) is 0 Å². The lowest BCUT2D eigenvalue weighted by atomic mass is 10.1. The van der Waals surface area contributed by atoms with E-state index in [-0.39, 0.29) is 11.7 Å². The van der Waals surface area contributed by atoms with Crippen molar-refractivity contribution < 1.29 is 13.9 Å². The van der Waals surface area contributed by atoms with Gasteiger partial charge in [-0.2, -0.15) is 0 Å². The number of carbonyl (C=O) groups excluding carboxylic acids is 1. The monoisotopic (exact) mass is 196 g/mol. The standard InChI is InChI=1S/C11H13FO2/c1-7(2)14-10-5-4-8(3)11(12)9(10)6-13/h4-7H,1-3H3. The van der Waals surface area contributed by atoms with E-state index in [2.05, 4.69) is 0 Å². The molecule has 1 aromatic rings. The molecule has 14 heavy (non-hydrogen) atoms. The summed E-state index contributed by atoms with van der Waals surface area (Å²) in [4.78, 5) is 10.7. The van der Waals surface area contributed by atoms with Crippen LogP contribution < -0.4 is 4.74 Å². The van der Waals surface area contributed by atoms with E-state index >= 15 is 0 Å². The lowest BCUT2D eigenvalue weighted by Crippen LogP contribution is -2.08. The minimum absolute atomic E-state index is 0.00120. The Morgan fingerprint density at radius 3 is 2.57 bits per heavy atom. The van der Waals surface area contributed by atoms with Crippen LogP contribution >= 0.6 is 0 Å². The molecular weight excluding hydrogens is 183 g/mol. The summed E-state index contributed by atoms with van der Waals surface area (Å²) in [7, 11) is 0. The third kappa shape index (κ3) is 2.10. The van der Waals surface area contributed by atoms with E-state index in [4.69, 9.17) is 4.74 Å². The lowest BCUT2D eigenvalue weighted by molar-refractivity contribution is 0.111. The molecule has 0 saturated carbocycles. The molecule has 0 amide bonds. The molecule has 0 saturated heterocycles. The van der Waals surface area contributed by atoms with Crippen LogP contribution in [0.15, 0.2) is 12.1 Å². The van der Waals surface area contributed by atoms with E-state index in [1.54, 1.807) is 19.1 Å². The first-order chi connectivity index (χ1) is 6.56. The number of halogens is 1. The van der Waals surface area contributed by atoms with Gasteiger partial charge in [0.15, 0.2) is 6.29 Å². The van der Waals surface area contributed by atoms with Crippen LogP contribution in [0.25, 0.3) is 0 Å². The van der Waals surface area contributed by atoms with Gasteiger partial charge in [0.25, 0.3) is 0 Å². The maximum Gasteiger partial charge on any atom is 0.156 e. The third-order valence-electron chi connectivity index (χ3n) is 1.81. The van der Waals surface area contributed by atoms with Gasteiger partial charge in [0.05, 0.1) is 11.7 Å². The topological polar surface area (TPSA) is 26.3 Å². The van der Waals surface area contributed by atoms with Gasteiger partial charge in [-0.25, -0.2) is 4.39 Å². The van der Waals surface area contributed by atoms with Crippen LogP contribution in [-0.4, -0.2) is 12.4 Å². The van der Waals surface area contributed by atoms with Gasteiger partial charge in [0.1, 0.15) is 11.6 Å². The fraction of sp³-hybridized carbons (Fsp3) is 0.364. The maximum atomic E-state index is 13.4. The number of aldehydes is 1.